The third-order valence-corrected chi connectivity index (χ3v) is 4.54. The maximum Gasteiger partial charge on any atom is 0.433 e. The molecule has 5 nitrogen and oxygen atoms in total. The van der Waals surface area contributed by atoms with Gasteiger partial charge in [-0.3, -0.25) is 9.88 Å². The number of aryl methyl sites for hydroxylation is 1. The van der Waals surface area contributed by atoms with Gasteiger partial charge in [0.05, 0.1) is 0 Å². The molecule has 1 aliphatic heterocycles. The average molecular weight is 351 g/mol. The van der Waals surface area contributed by atoms with Crippen molar-refractivity contribution in [2.24, 2.45) is 0 Å². The number of hydrogen-bond donors (Lipinski definition) is 0. The van der Waals surface area contributed by atoms with Crippen molar-refractivity contribution in [2.45, 2.75) is 26.6 Å². The van der Waals surface area contributed by atoms with E-state index in [2.05, 4.69) is 19.9 Å². The summed E-state index contributed by atoms with van der Waals surface area (Å²) < 4.78 is 39.2. The normalized spacial score (nSPS) is 16.3. The standard InChI is InChI=1S/C17H20F3N5/c1-12-13(2)22-11-23-16(12)25-8-6-24(7-9-25)10-14-4-3-5-21-15(14)17(18,19)20/h3-5,11H,6-10H2,1-2H3. The van der Waals surface area contributed by atoms with Crippen LogP contribution in [-0.2, 0) is 12.7 Å². The fourth-order valence-electron chi connectivity index (χ4n) is 3.02. The Balaban J connectivity index is 1.67. The highest BCUT2D eigenvalue weighted by atomic mass is 19.4. The average Bonchev–Trinajstić information content (AvgIpc) is 2.58. The molecule has 0 spiro atoms. The molecule has 0 N–H and O–H groups in total. The number of nitrogens with zero attached hydrogens (tertiary/aromatic N) is 5. The lowest BCUT2D eigenvalue weighted by molar-refractivity contribution is -0.142. The fraction of sp³-hybridized carbons (Fsp3) is 0.471. The number of hydrogen-bond acceptors (Lipinski definition) is 5. The van der Waals surface area contributed by atoms with Crippen LogP contribution in [0.25, 0.3) is 0 Å². The van der Waals surface area contributed by atoms with Gasteiger partial charge >= 0.3 is 6.18 Å². The molecule has 2 aromatic rings. The Bertz CT molecular complexity index is 739. The predicted octanol–water partition coefficient (Wildman–Crippen LogP) is 2.83. The zero-order valence-corrected chi connectivity index (χ0v) is 14.2. The van der Waals surface area contributed by atoms with Crippen molar-refractivity contribution in [1.82, 2.24) is 19.9 Å². The Morgan fingerprint density at radius 1 is 1.04 bits per heavy atom. The van der Waals surface area contributed by atoms with Crippen molar-refractivity contribution in [3.05, 3.63) is 47.2 Å². The molecule has 134 valence electrons. The molecule has 25 heavy (non-hydrogen) atoms. The molecule has 1 aliphatic rings. The van der Waals surface area contributed by atoms with Crippen molar-refractivity contribution in [2.75, 3.05) is 31.1 Å². The van der Waals surface area contributed by atoms with E-state index in [0.29, 0.717) is 13.1 Å². The van der Waals surface area contributed by atoms with Crippen LogP contribution in [0.15, 0.2) is 24.7 Å². The smallest absolute Gasteiger partial charge is 0.354 e. The van der Waals surface area contributed by atoms with Gasteiger partial charge in [-0.1, -0.05) is 6.07 Å². The molecule has 8 heteroatoms. The number of halogens is 3. The summed E-state index contributed by atoms with van der Waals surface area (Å²) in [5.41, 5.74) is 1.41. The fourth-order valence-corrected chi connectivity index (χ4v) is 3.02. The van der Waals surface area contributed by atoms with E-state index in [1.54, 1.807) is 12.4 Å². The van der Waals surface area contributed by atoms with Crippen molar-refractivity contribution >= 4 is 5.82 Å². The lowest BCUT2D eigenvalue weighted by atomic mass is 10.1. The quantitative estimate of drug-likeness (QED) is 0.851. The summed E-state index contributed by atoms with van der Waals surface area (Å²) in [6.07, 6.45) is -1.69. The maximum atomic E-state index is 13.1. The maximum absolute atomic E-state index is 13.1. The van der Waals surface area contributed by atoms with Gasteiger partial charge in [0.2, 0.25) is 0 Å². The Kier molecular flexibility index (Phi) is 4.89. The predicted molar refractivity (Wildman–Crippen MR) is 88.2 cm³/mol. The van der Waals surface area contributed by atoms with Crippen molar-refractivity contribution in [1.29, 1.82) is 0 Å². The van der Waals surface area contributed by atoms with E-state index in [1.165, 1.54) is 12.3 Å². The first-order valence-corrected chi connectivity index (χ1v) is 8.13. The second-order valence-corrected chi connectivity index (χ2v) is 6.18. The highest BCUT2D eigenvalue weighted by Gasteiger charge is 2.35. The molecule has 3 rings (SSSR count). The lowest BCUT2D eigenvalue weighted by Crippen LogP contribution is -2.46. The molecule has 0 aromatic carbocycles. The lowest BCUT2D eigenvalue weighted by Gasteiger charge is -2.36. The van der Waals surface area contributed by atoms with Crippen LogP contribution >= 0.6 is 0 Å². The second kappa shape index (κ2) is 6.95. The molecule has 0 bridgehead atoms. The van der Waals surface area contributed by atoms with Crippen LogP contribution in [0.3, 0.4) is 0 Å². The van der Waals surface area contributed by atoms with E-state index in [0.717, 1.165) is 30.2 Å². The number of anilines is 1. The highest BCUT2D eigenvalue weighted by molar-refractivity contribution is 5.47. The molecule has 0 saturated carbocycles. The van der Waals surface area contributed by atoms with E-state index >= 15 is 0 Å². The third-order valence-electron chi connectivity index (χ3n) is 4.54. The first-order valence-electron chi connectivity index (χ1n) is 8.13. The van der Waals surface area contributed by atoms with E-state index < -0.39 is 11.9 Å². The molecule has 1 fully saturated rings. The minimum Gasteiger partial charge on any atom is -0.354 e. The van der Waals surface area contributed by atoms with Crippen LogP contribution in [0.2, 0.25) is 0 Å². The van der Waals surface area contributed by atoms with Gasteiger partial charge in [-0.2, -0.15) is 13.2 Å². The summed E-state index contributed by atoms with van der Waals surface area (Å²) in [7, 11) is 0. The summed E-state index contributed by atoms with van der Waals surface area (Å²) in [4.78, 5) is 16.2. The Hall–Kier alpha value is -2.22. The molecule has 0 radical (unpaired) electrons. The van der Waals surface area contributed by atoms with E-state index in [-0.39, 0.29) is 12.1 Å². The molecule has 1 saturated heterocycles. The van der Waals surface area contributed by atoms with Gasteiger partial charge in [-0.05, 0) is 25.5 Å². The third kappa shape index (κ3) is 3.89. The van der Waals surface area contributed by atoms with Gasteiger partial charge in [0.15, 0.2) is 0 Å². The van der Waals surface area contributed by atoms with Gasteiger partial charge < -0.3 is 4.90 Å². The van der Waals surface area contributed by atoms with Crippen molar-refractivity contribution < 1.29 is 13.2 Å². The zero-order valence-electron chi connectivity index (χ0n) is 14.2. The molecule has 0 unspecified atom stereocenters. The topological polar surface area (TPSA) is 45.2 Å². The minimum absolute atomic E-state index is 0.220. The summed E-state index contributed by atoms with van der Waals surface area (Å²) in [6, 6.07) is 3.05. The number of alkyl halides is 3. The number of pyridine rings is 1. The molecule has 2 aromatic heterocycles. The van der Waals surface area contributed by atoms with Gasteiger partial charge in [0, 0.05) is 50.2 Å². The summed E-state index contributed by atoms with van der Waals surface area (Å²) in [6.45, 7) is 6.97. The summed E-state index contributed by atoms with van der Waals surface area (Å²) in [5, 5.41) is 0. The zero-order chi connectivity index (χ0) is 18.0. The minimum atomic E-state index is -4.42. The van der Waals surface area contributed by atoms with Crippen LogP contribution in [0, 0.1) is 13.8 Å². The molecule has 0 amide bonds. The van der Waals surface area contributed by atoms with Gasteiger partial charge in [0.25, 0.3) is 0 Å². The van der Waals surface area contributed by atoms with Gasteiger partial charge in [0.1, 0.15) is 17.8 Å². The van der Waals surface area contributed by atoms with Crippen LogP contribution in [0.4, 0.5) is 19.0 Å². The molecule has 0 atom stereocenters. The number of rotatable bonds is 3. The summed E-state index contributed by atoms with van der Waals surface area (Å²) in [5.74, 6) is 0.907. The SMILES string of the molecule is Cc1ncnc(N2CCN(Cc3cccnc3C(F)(F)F)CC2)c1C. The second-order valence-electron chi connectivity index (χ2n) is 6.18. The van der Waals surface area contributed by atoms with Crippen LogP contribution in [0.5, 0.6) is 0 Å². The van der Waals surface area contributed by atoms with E-state index in [4.69, 9.17) is 0 Å². The van der Waals surface area contributed by atoms with Gasteiger partial charge in [-0.15, -0.1) is 0 Å². The number of aromatic nitrogens is 3. The molecular formula is C17H20F3N5. The van der Waals surface area contributed by atoms with Gasteiger partial charge in [-0.25, -0.2) is 9.97 Å². The number of piperazine rings is 1. The largest absolute Gasteiger partial charge is 0.433 e. The van der Waals surface area contributed by atoms with Crippen molar-refractivity contribution in [3.8, 4) is 0 Å². The molecule has 0 aliphatic carbocycles. The van der Waals surface area contributed by atoms with Crippen molar-refractivity contribution in [3.63, 3.8) is 0 Å². The Labute approximate surface area is 144 Å². The Morgan fingerprint density at radius 2 is 1.76 bits per heavy atom. The summed E-state index contributed by atoms with van der Waals surface area (Å²) >= 11 is 0. The van der Waals surface area contributed by atoms with Crippen LogP contribution in [-0.4, -0.2) is 46.0 Å². The van der Waals surface area contributed by atoms with E-state index in [9.17, 15) is 13.2 Å². The van der Waals surface area contributed by atoms with E-state index in [1.807, 2.05) is 18.7 Å². The monoisotopic (exact) mass is 351 g/mol. The highest BCUT2D eigenvalue weighted by Crippen LogP contribution is 2.31. The van der Waals surface area contributed by atoms with Crippen LogP contribution < -0.4 is 4.90 Å². The molecule has 3 heterocycles. The van der Waals surface area contributed by atoms with Crippen LogP contribution in [0.1, 0.15) is 22.5 Å². The first kappa shape index (κ1) is 17.6. The molecular weight excluding hydrogens is 331 g/mol. The first-order chi connectivity index (χ1) is 11.9. The Morgan fingerprint density at radius 3 is 2.44 bits per heavy atom.